The number of carbonyl (C=O) groups is 1. The van der Waals surface area contributed by atoms with Crippen molar-refractivity contribution < 1.29 is 14.4 Å². The van der Waals surface area contributed by atoms with Crippen LogP contribution in [0.5, 0.6) is 0 Å². The van der Waals surface area contributed by atoms with Gasteiger partial charge >= 0.3 is 5.97 Å². The van der Waals surface area contributed by atoms with Crippen LogP contribution in [0.15, 0.2) is 4.52 Å². The predicted octanol–water partition coefficient (Wildman–Crippen LogP) is 3.38. The highest BCUT2D eigenvalue weighted by Crippen LogP contribution is 2.25. The van der Waals surface area contributed by atoms with Crippen LogP contribution < -0.4 is 0 Å². The van der Waals surface area contributed by atoms with E-state index in [2.05, 4.69) is 17.1 Å². The quantitative estimate of drug-likeness (QED) is 0.883. The average molecular weight is 294 g/mol. The van der Waals surface area contributed by atoms with Gasteiger partial charge < -0.3 is 9.63 Å². The van der Waals surface area contributed by atoms with Crippen molar-refractivity contribution in [2.75, 3.05) is 0 Å². The second-order valence-electron chi connectivity index (χ2n) is 4.77. The molecule has 0 atom stereocenters. The Kier molecular flexibility index (Phi) is 4.54. The number of hydrogen-bond donors (Lipinski definition) is 1. The molecule has 0 amide bonds. The molecular formula is C14H18N2O3S. The molecule has 0 unspecified atom stereocenters. The van der Waals surface area contributed by atoms with Crippen LogP contribution in [0.25, 0.3) is 0 Å². The summed E-state index contributed by atoms with van der Waals surface area (Å²) in [6.45, 7) is 5.83. The van der Waals surface area contributed by atoms with Gasteiger partial charge in [-0.3, -0.25) is 0 Å². The average Bonchev–Trinajstić information content (AvgIpc) is 2.95. The van der Waals surface area contributed by atoms with Gasteiger partial charge in [0.05, 0.1) is 16.4 Å². The molecule has 20 heavy (non-hydrogen) atoms. The van der Waals surface area contributed by atoms with Gasteiger partial charge in [-0.1, -0.05) is 18.5 Å². The van der Waals surface area contributed by atoms with Crippen LogP contribution in [0.3, 0.4) is 0 Å². The van der Waals surface area contributed by atoms with Gasteiger partial charge in [0.15, 0.2) is 0 Å². The highest BCUT2D eigenvalue weighted by molar-refractivity contribution is 7.13. The highest BCUT2D eigenvalue weighted by atomic mass is 32.1. The largest absolute Gasteiger partial charge is 0.477 e. The van der Waals surface area contributed by atoms with Crippen LogP contribution in [-0.4, -0.2) is 21.2 Å². The lowest BCUT2D eigenvalue weighted by molar-refractivity contribution is 0.0700. The summed E-state index contributed by atoms with van der Waals surface area (Å²) in [7, 11) is 0. The lowest BCUT2D eigenvalue weighted by Crippen LogP contribution is -1.99. The molecule has 0 bridgehead atoms. The number of carboxylic acids is 1. The van der Waals surface area contributed by atoms with Gasteiger partial charge in [-0.2, -0.15) is 0 Å². The molecule has 2 heterocycles. The van der Waals surface area contributed by atoms with Gasteiger partial charge in [0.25, 0.3) is 0 Å². The van der Waals surface area contributed by atoms with E-state index >= 15 is 0 Å². The summed E-state index contributed by atoms with van der Waals surface area (Å²) in [5.74, 6) is -0.122. The smallest absolute Gasteiger partial charge is 0.347 e. The fourth-order valence-corrected chi connectivity index (χ4v) is 3.02. The molecular weight excluding hydrogens is 276 g/mol. The fourth-order valence-electron chi connectivity index (χ4n) is 2.06. The second kappa shape index (κ2) is 6.17. The van der Waals surface area contributed by atoms with Crippen molar-refractivity contribution in [3.05, 3.63) is 32.6 Å². The summed E-state index contributed by atoms with van der Waals surface area (Å²) in [5.41, 5.74) is 2.54. The minimum Gasteiger partial charge on any atom is -0.477 e. The Labute approximate surface area is 121 Å². The molecule has 2 aromatic rings. The normalized spacial score (nSPS) is 10.9. The summed E-state index contributed by atoms with van der Waals surface area (Å²) >= 11 is 1.25. The number of aromatic carboxylic acids is 1. The maximum atomic E-state index is 11.3. The SMILES string of the molecule is CCCCc1nc(Cc2c(C)noc2C)sc1C(=O)O. The number of unbranched alkanes of at least 4 members (excludes halogenated alkanes) is 1. The first-order chi connectivity index (χ1) is 9.52. The maximum Gasteiger partial charge on any atom is 0.347 e. The van der Waals surface area contributed by atoms with Crippen molar-refractivity contribution in [3.8, 4) is 0 Å². The van der Waals surface area contributed by atoms with Crippen LogP contribution >= 0.6 is 11.3 Å². The summed E-state index contributed by atoms with van der Waals surface area (Å²) in [4.78, 5) is 16.1. The third kappa shape index (κ3) is 3.07. The maximum absolute atomic E-state index is 11.3. The van der Waals surface area contributed by atoms with Crippen molar-refractivity contribution in [1.29, 1.82) is 0 Å². The zero-order valence-corrected chi connectivity index (χ0v) is 12.7. The molecule has 6 heteroatoms. The molecule has 2 rings (SSSR count). The molecule has 2 aromatic heterocycles. The topological polar surface area (TPSA) is 76.2 Å². The minimum absolute atomic E-state index is 0.361. The van der Waals surface area contributed by atoms with Gasteiger partial charge in [-0.15, -0.1) is 11.3 Å². The van der Waals surface area contributed by atoms with Crippen molar-refractivity contribution in [2.24, 2.45) is 0 Å². The molecule has 0 fully saturated rings. The first-order valence-corrected chi connectivity index (χ1v) is 7.48. The number of carboxylic acid groups (broad SMARTS) is 1. The Bertz CT molecular complexity index is 596. The van der Waals surface area contributed by atoms with Crippen molar-refractivity contribution in [2.45, 2.75) is 46.5 Å². The monoisotopic (exact) mass is 294 g/mol. The van der Waals surface area contributed by atoms with E-state index in [1.165, 1.54) is 11.3 Å². The molecule has 1 N–H and O–H groups in total. The Morgan fingerprint density at radius 3 is 2.70 bits per heavy atom. The predicted molar refractivity (Wildman–Crippen MR) is 76.5 cm³/mol. The van der Waals surface area contributed by atoms with E-state index in [-0.39, 0.29) is 0 Å². The minimum atomic E-state index is -0.890. The molecule has 108 valence electrons. The third-order valence-electron chi connectivity index (χ3n) is 3.21. The highest BCUT2D eigenvalue weighted by Gasteiger charge is 2.19. The zero-order chi connectivity index (χ0) is 14.7. The van der Waals surface area contributed by atoms with E-state index < -0.39 is 5.97 Å². The summed E-state index contributed by atoms with van der Waals surface area (Å²) < 4.78 is 5.13. The number of aryl methyl sites for hydroxylation is 3. The molecule has 0 aliphatic carbocycles. The van der Waals surface area contributed by atoms with Gasteiger partial charge in [-0.25, -0.2) is 9.78 Å². The number of nitrogens with zero attached hydrogens (tertiary/aromatic N) is 2. The summed E-state index contributed by atoms with van der Waals surface area (Å²) in [6.07, 6.45) is 3.28. The molecule has 0 aliphatic heterocycles. The van der Waals surface area contributed by atoms with Crippen LogP contribution in [0.1, 0.15) is 57.2 Å². The van der Waals surface area contributed by atoms with Crippen LogP contribution in [0.2, 0.25) is 0 Å². The second-order valence-corrected chi connectivity index (χ2v) is 5.86. The van der Waals surface area contributed by atoms with E-state index in [1.54, 1.807) is 0 Å². The molecule has 0 saturated heterocycles. The Hall–Kier alpha value is -1.69. The van der Waals surface area contributed by atoms with Gasteiger partial charge in [-0.05, 0) is 26.7 Å². The van der Waals surface area contributed by atoms with Crippen molar-refractivity contribution >= 4 is 17.3 Å². The number of hydrogen-bond acceptors (Lipinski definition) is 5. The van der Waals surface area contributed by atoms with Crippen LogP contribution in [-0.2, 0) is 12.8 Å². The molecule has 5 nitrogen and oxygen atoms in total. The lowest BCUT2D eigenvalue weighted by Gasteiger charge is -1.96. The van der Waals surface area contributed by atoms with E-state index in [1.807, 2.05) is 13.8 Å². The first-order valence-electron chi connectivity index (χ1n) is 6.66. The third-order valence-corrected chi connectivity index (χ3v) is 4.30. The molecule has 0 saturated carbocycles. The molecule has 0 aromatic carbocycles. The lowest BCUT2D eigenvalue weighted by atomic mass is 10.1. The first kappa shape index (κ1) is 14.7. The van der Waals surface area contributed by atoms with Crippen LogP contribution in [0.4, 0.5) is 0 Å². The number of thiazole rings is 1. The van der Waals surface area contributed by atoms with Crippen molar-refractivity contribution in [3.63, 3.8) is 0 Å². The molecule has 0 radical (unpaired) electrons. The standard InChI is InChI=1S/C14H18N2O3S/c1-4-5-6-11-13(14(17)18)20-12(15-11)7-10-8(2)16-19-9(10)3/h4-7H2,1-3H3,(H,17,18). The Balaban J connectivity index is 2.26. The number of aromatic nitrogens is 2. The fraction of sp³-hybridized carbons (Fsp3) is 0.500. The van der Waals surface area contributed by atoms with Crippen LogP contribution in [0, 0.1) is 13.8 Å². The number of rotatable bonds is 6. The van der Waals surface area contributed by atoms with E-state index in [0.29, 0.717) is 17.0 Å². The Morgan fingerprint density at radius 2 is 2.15 bits per heavy atom. The van der Waals surface area contributed by atoms with Crippen molar-refractivity contribution in [1.82, 2.24) is 10.1 Å². The Morgan fingerprint density at radius 1 is 1.40 bits per heavy atom. The summed E-state index contributed by atoms with van der Waals surface area (Å²) in [6, 6.07) is 0. The van der Waals surface area contributed by atoms with Gasteiger partial charge in [0, 0.05) is 12.0 Å². The van der Waals surface area contributed by atoms with Gasteiger partial charge in [0.1, 0.15) is 10.6 Å². The molecule has 0 spiro atoms. The zero-order valence-electron chi connectivity index (χ0n) is 11.9. The van der Waals surface area contributed by atoms with E-state index in [4.69, 9.17) is 4.52 Å². The van der Waals surface area contributed by atoms with E-state index in [0.717, 1.165) is 41.3 Å². The summed E-state index contributed by atoms with van der Waals surface area (Å²) in [5, 5.41) is 14.0. The van der Waals surface area contributed by atoms with Gasteiger partial charge in [0.2, 0.25) is 0 Å². The van der Waals surface area contributed by atoms with E-state index in [9.17, 15) is 9.90 Å². The molecule has 0 aliphatic rings.